The van der Waals surface area contributed by atoms with Gasteiger partial charge in [-0.1, -0.05) is 23.7 Å². The Hall–Kier alpha value is -2.74. The van der Waals surface area contributed by atoms with E-state index in [0.29, 0.717) is 5.02 Å². The Morgan fingerprint density at radius 1 is 1.30 bits per heavy atom. The molecule has 23 heavy (non-hydrogen) atoms. The van der Waals surface area contributed by atoms with Crippen molar-refractivity contribution in [3.05, 3.63) is 59.1 Å². The molecule has 0 fully saturated rings. The molecule has 0 radical (unpaired) electrons. The largest absolute Gasteiger partial charge is 0.342 e. The van der Waals surface area contributed by atoms with E-state index in [1.54, 1.807) is 16.8 Å². The first-order valence-corrected chi connectivity index (χ1v) is 7.25. The second kappa shape index (κ2) is 6.57. The highest BCUT2D eigenvalue weighted by molar-refractivity contribution is 6.30. The number of aryl methyl sites for hydroxylation is 1. The Labute approximate surface area is 137 Å². The first-order chi connectivity index (χ1) is 11.1. The molecule has 8 nitrogen and oxygen atoms in total. The molecule has 0 bridgehead atoms. The molecule has 118 valence electrons. The van der Waals surface area contributed by atoms with Crippen LogP contribution in [-0.2, 0) is 18.4 Å². The van der Waals surface area contributed by atoms with Crippen LogP contribution in [0, 0.1) is 0 Å². The van der Waals surface area contributed by atoms with Gasteiger partial charge in [0, 0.05) is 18.3 Å². The number of rotatable bonds is 5. The molecule has 1 aromatic carbocycles. The molecule has 1 atom stereocenters. The standard InChI is InChI=1S/C14H14ClN7O/c1-21-7-6-12(18-21)14(10-2-4-11(15)5-3-10)17-13(23)8-22-9-16-19-20-22/h2-7,9,14H,8H2,1H3,(H,17,23)/t14-/m1/s1. The summed E-state index contributed by atoms with van der Waals surface area (Å²) < 4.78 is 3.04. The third-order valence-electron chi connectivity index (χ3n) is 3.24. The maximum Gasteiger partial charge on any atom is 0.242 e. The average molecular weight is 332 g/mol. The normalized spacial score (nSPS) is 12.1. The monoisotopic (exact) mass is 331 g/mol. The number of carbonyl (C=O) groups excluding carboxylic acids is 1. The molecule has 2 aromatic heterocycles. The van der Waals surface area contributed by atoms with Crippen molar-refractivity contribution in [1.29, 1.82) is 0 Å². The van der Waals surface area contributed by atoms with E-state index in [9.17, 15) is 4.79 Å². The van der Waals surface area contributed by atoms with Gasteiger partial charge in [-0.05, 0) is 34.2 Å². The first kappa shape index (κ1) is 15.2. The molecule has 0 saturated carbocycles. The topological polar surface area (TPSA) is 90.5 Å². The molecule has 1 N–H and O–H groups in total. The van der Waals surface area contributed by atoms with Gasteiger partial charge in [0.2, 0.25) is 5.91 Å². The van der Waals surface area contributed by atoms with Crippen molar-refractivity contribution in [2.75, 3.05) is 0 Å². The lowest BCUT2D eigenvalue weighted by atomic mass is 10.0. The molecule has 2 heterocycles. The molecule has 0 aliphatic rings. The van der Waals surface area contributed by atoms with E-state index >= 15 is 0 Å². The van der Waals surface area contributed by atoms with Gasteiger partial charge in [0.15, 0.2) is 0 Å². The fourth-order valence-electron chi connectivity index (χ4n) is 2.18. The van der Waals surface area contributed by atoms with Gasteiger partial charge in [0.1, 0.15) is 12.9 Å². The smallest absolute Gasteiger partial charge is 0.242 e. The third-order valence-corrected chi connectivity index (χ3v) is 3.49. The minimum Gasteiger partial charge on any atom is -0.342 e. The summed E-state index contributed by atoms with van der Waals surface area (Å²) in [5.41, 5.74) is 1.62. The van der Waals surface area contributed by atoms with Crippen LogP contribution in [0.15, 0.2) is 42.9 Å². The number of benzene rings is 1. The Bertz CT molecular complexity index is 782. The SMILES string of the molecule is Cn1ccc([C@H](NC(=O)Cn2cnnn2)c2ccc(Cl)cc2)n1. The first-order valence-electron chi connectivity index (χ1n) is 6.87. The zero-order valence-electron chi connectivity index (χ0n) is 12.3. The molecule has 0 aliphatic carbocycles. The van der Waals surface area contributed by atoms with Gasteiger partial charge in [-0.2, -0.15) is 5.10 Å². The zero-order chi connectivity index (χ0) is 16.2. The molecular formula is C14H14ClN7O. The molecule has 9 heteroatoms. The summed E-state index contributed by atoms with van der Waals surface area (Å²) in [6.45, 7) is 0.0317. The number of halogens is 1. The lowest BCUT2D eigenvalue weighted by Crippen LogP contribution is -2.32. The summed E-state index contributed by atoms with van der Waals surface area (Å²) in [4.78, 5) is 12.3. The molecular weight excluding hydrogens is 318 g/mol. The molecule has 0 unspecified atom stereocenters. The van der Waals surface area contributed by atoms with Crippen LogP contribution in [0.1, 0.15) is 17.3 Å². The van der Waals surface area contributed by atoms with Gasteiger partial charge in [-0.3, -0.25) is 9.48 Å². The van der Waals surface area contributed by atoms with Crippen LogP contribution in [0.4, 0.5) is 0 Å². The number of hydrogen-bond acceptors (Lipinski definition) is 5. The van der Waals surface area contributed by atoms with Crippen molar-refractivity contribution in [1.82, 2.24) is 35.3 Å². The Morgan fingerprint density at radius 3 is 2.70 bits per heavy atom. The van der Waals surface area contributed by atoms with Gasteiger partial charge in [0.25, 0.3) is 0 Å². The van der Waals surface area contributed by atoms with Crippen LogP contribution >= 0.6 is 11.6 Å². The van der Waals surface area contributed by atoms with Crippen molar-refractivity contribution in [3.63, 3.8) is 0 Å². The van der Waals surface area contributed by atoms with Gasteiger partial charge >= 0.3 is 0 Å². The lowest BCUT2D eigenvalue weighted by molar-refractivity contribution is -0.122. The minimum absolute atomic E-state index is 0.0317. The second-order valence-corrected chi connectivity index (χ2v) is 5.41. The quantitative estimate of drug-likeness (QED) is 0.752. The van der Waals surface area contributed by atoms with Crippen molar-refractivity contribution in [2.24, 2.45) is 7.05 Å². The highest BCUT2D eigenvalue weighted by atomic mass is 35.5. The summed E-state index contributed by atoms with van der Waals surface area (Å²) in [5, 5.41) is 18.7. The Morgan fingerprint density at radius 2 is 2.09 bits per heavy atom. The Kier molecular flexibility index (Phi) is 4.33. The van der Waals surface area contributed by atoms with Crippen LogP contribution in [0.3, 0.4) is 0 Å². The molecule has 0 aliphatic heterocycles. The van der Waals surface area contributed by atoms with E-state index < -0.39 is 0 Å². The van der Waals surface area contributed by atoms with Crippen LogP contribution in [0.25, 0.3) is 0 Å². The number of hydrogen-bond donors (Lipinski definition) is 1. The van der Waals surface area contributed by atoms with Crippen LogP contribution < -0.4 is 5.32 Å². The fraction of sp³-hybridized carbons (Fsp3) is 0.214. The van der Waals surface area contributed by atoms with E-state index in [2.05, 4.69) is 25.9 Å². The molecule has 0 saturated heterocycles. The summed E-state index contributed by atoms with van der Waals surface area (Å²) in [7, 11) is 1.82. The zero-order valence-corrected chi connectivity index (χ0v) is 13.1. The summed E-state index contributed by atoms with van der Waals surface area (Å²) in [6.07, 6.45) is 3.21. The summed E-state index contributed by atoms with van der Waals surface area (Å²) in [5.74, 6) is -0.220. The molecule has 1 amide bonds. The van der Waals surface area contributed by atoms with Gasteiger partial charge in [-0.25, -0.2) is 4.68 Å². The highest BCUT2D eigenvalue weighted by Crippen LogP contribution is 2.22. The number of amides is 1. The van der Waals surface area contributed by atoms with Gasteiger partial charge in [-0.15, -0.1) is 5.10 Å². The van der Waals surface area contributed by atoms with Gasteiger partial charge < -0.3 is 5.32 Å². The number of carbonyl (C=O) groups is 1. The van der Waals surface area contributed by atoms with Crippen molar-refractivity contribution in [3.8, 4) is 0 Å². The van der Waals surface area contributed by atoms with E-state index in [1.807, 2.05) is 31.4 Å². The van der Waals surface area contributed by atoms with Crippen molar-refractivity contribution >= 4 is 17.5 Å². The van der Waals surface area contributed by atoms with Crippen molar-refractivity contribution < 1.29 is 4.79 Å². The third kappa shape index (κ3) is 3.72. The lowest BCUT2D eigenvalue weighted by Gasteiger charge is -2.17. The summed E-state index contributed by atoms with van der Waals surface area (Å²) >= 11 is 5.93. The predicted octanol–water partition coefficient (Wildman–Crippen LogP) is 0.966. The van der Waals surface area contributed by atoms with E-state index in [0.717, 1.165) is 11.3 Å². The number of nitrogens with one attached hydrogen (secondary N) is 1. The Balaban J connectivity index is 1.83. The average Bonchev–Trinajstić information content (AvgIpc) is 3.17. The maximum atomic E-state index is 12.3. The van der Waals surface area contributed by atoms with E-state index in [-0.39, 0.29) is 18.5 Å². The number of aromatic nitrogens is 6. The van der Waals surface area contributed by atoms with E-state index in [4.69, 9.17) is 11.6 Å². The predicted molar refractivity (Wildman–Crippen MR) is 82.5 cm³/mol. The summed E-state index contributed by atoms with van der Waals surface area (Å²) in [6, 6.07) is 8.76. The van der Waals surface area contributed by atoms with Gasteiger partial charge in [0.05, 0.1) is 11.7 Å². The van der Waals surface area contributed by atoms with Crippen LogP contribution in [0.2, 0.25) is 5.02 Å². The fourth-order valence-corrected chi connectivity index (χ4v) is 2.30. The van der Waals surface area contributed by atoms with Crippen LogP contribution in [-0.4, -0.2) is 35.9 Å². The van der Waals surface area contributed by atoms with E-state index in [1.165, 1.54) is 11.0 Å². The highest BCUT2D eigenvalue weighted by Gasteiger charge is 2.19. The maximum absolute atomic E-state index is 12.3. The minimum atomic E-state index is -0.377. The second-order valence-electron chi connectivity index (χ2n) is 4.97. The number of tetrazole rings is 1. The van der Waals surface area contributed by atoms with Crippen molar-refractivity contribution in [2.45, 2.75) is 12.6 Å². The number of nitrogens with zero attached hydrogens (tertiary/aromatic N) is 6. The molecule has 0 spiro atoms. The molecule has 3 rings (SSSR count). The van der Waals surface area contributed by atoms with Crippen LogP contribution in [0.5, 0.6) is 0 Å². The molecule has 3 aromatic rings.